The highest BCUT2D eigenvalue weighted by atomic mass is 16.2. The number of rotatable bonds is 3. The van der Waals surface area contributed by atoms with Crippen LogP contribution in [0.15, 0.2) is 41.5 Å². The smallest absolute Gasteiger partial charge is 0.322 e. The molecule has 0 aliphatic carbocycles. The Bertz CT molecular complexity index is 961. The zero-order valence-corrected chi connectivity index (χ0v) is 16.7. The van der Waals surface area contributed by atoms with E-state index in [2.05, 4.69) is 43.0 Å². The number of likely N-dealkylation sites (tertiary alicyclic amines) is 1. The number of pyridine rings is 1. The first kappa shape index (κ1) is 19.2. The minimum atomic E-state index is -0.826. The quantitative estimate of drug-likeness (QED) is 0.417. The number of carbonyl (C=O) groups is 2. The number of amides is 3. The first-order valence-corrected chi connectivity index (χ1v) is 9.93. The Hall–Kier alpha value is -3.16. The lowest BCUT2D eigenvalue weighted by atomic mass is 9.79. The number of nitrogens with zero attached hydrogens (tertiary/aromatic N) is 3. The van der Waals surface area contributed by atoms with Crippen LogP contribution in [0.4, 0.5) is 4.79 Å². The highest BCUT2D eigenvalue weighted by Gasteiger charge is 2.48. The summed E-state index contributed by atoms with van der Waals surface area (Å²) in [7, 11) is 1.77. The molecular weight excluding hydrogens is 368 g/mol. The van der Waals surface area contributed by atoms with Crippen LogP contribution in [0, 0.1) is 5.92 Å². The molecule has 0 spiro atoms. The Kier molecular flexibility index (Phi) is 5.08. The second-order valence-electron chi connectivity index (χ2n) is 7.75. The molecule has 8 heteroatoms. The number of imide groups is 1. The minimum absolute atomic E-state index is 0.100. The fraction of sp³-hybridized carbons (Fsp3) is 0.429. The van der Waals surface area contributed by atoms with E-state index in [1.807, 2.05) is 31.3 Å². The van der Waals surface area contributed by atoms with Crippen molar-refractivity contribution in [3.8, 4) is 0 Å². The molecule has 1 atom stereocenters. The maximum absolute atomic E-state index is 12.2. The Morgan fingerprint density at radius 3 is 2.72 bits per heavy atom. The molecule has 152 valence electrons. The maximum atomic E-state index is 12.2. The SMILES string of the molecule is CN=C(NCc1nccc2ccccc12)N1CCC(C2(C)NC(=O)NC2=O)CC1. The van der Waals surface area contributed by atoms with Gasteiger partial charge in [0.05, 0.1) is 12.2 Å². The molecule has 1 unspecified atom stereocenters. The van der Waals surface area contributed by atoms with Crippen molar-refractivity contribution >= 4 is 28.7 Å². The van der Waals surface area contributed by atoms with E-state index in [1.165, 1.54) is 5.39 Å². The van der Waals surface area contributed by atoms with Crippen LogP contribution in [0.25, 0.3) is 10.8 Å². The lowest BCUT2D eigenvalue weighted by Gasteiger charge is -2.39. The third-order valence-electron chi connectivity index (χ3n) is 6.06. The third kappa shape index (κ3) is 3.62. The number of piperidine rings is 1. The molecule has 2 fully saturated rings. The van der Waals surface area contributed by atoms with Crippen LogP contribution >= 0.6 is 0 Å². The van der Waals surface area contributed by atoms with E-state index in [0.717, 1.165) is 43.0 Å². The van der Waals surface area contributed by atoms with Gasteiger partial charge in [0.15, 0.2) is 5.96 Å². The van der Waals surface area contributed by atoms with Gasteiger partial charge in [-0.2, -0.15) is 0 Å². The van der Waals surface area contributed by atoms with E-state index < -0.39 is 11.6 Å². The van der Waals surface area contributed by atoms with Gasteiger partial charge in [-0.05, 0) is 37.1 Å². The molecule has 0 bridgehead atoms. The van der Waals surface area contributed by atoms with E-state index in [1.54, 1.807) is 7.05 Å². The fourth-order valence-electron chi connectivity index (χ4n) is 4.33. The molecule has 2 aliphatic rings. The number of aliphatic imine (C=N–C) groups is 1. The van der Waals surface area contributed by atoms with Crippen molar-refractivity contribution in [2.45, 2.75) is 31.8 Å². The summed E-state index contributed by atoms with van der Waals surface area (Å²) in [5, 5.41) is 10.9. The van der Waals surface area contributed by atoms with Gasteiger partial charge in [-0.1, -0.05) is 24.3 Å². The van der Waals surface area contributed by atoms with Gasteiger partial charge in [-0.15, -0.1) is 0 Å². The molecule has 3 amide bonds. The summed E-state index contributed by atoms with van der Waals surface area (Å²) in [6.07, 6.45) is 3.43. The summed E-state index contributed by atoms with van der Waals surface area (Å²) in [5.74, 6) is 0.691. The van der Waals surface area contributed by atoms with Crippen molar-refractivity contribution in [3.63, 3.8) is 0 Å². The van der Waals surface area contributed by atoms with Crippen LogP contribution in [0.5, 0.6) is 0 Å². The molecular formula is C21H26N6O2. The average molecular weight is 394 g/mol. The molecule has 2 aliphatic heterocycles. The van der Waals surface area contributed by atoms with E-state index in [4.69, 9.17) is 0 Å². The van der Waals surface area contributed by atoms with Crippen molar-refractivity contribution in [1.82, 2.24) is 25.8 Å². The van der Waals surface area contributed by atoms with Gasteiger partial charge in [0.25, 0.3) is 5.91 Å². The topological polar surface area (TPSA) is 98.7 Å². The average Bonchev–Trinajstić information content (AvgIpc) is 3.01. The Morgan fingerprint density at radius 1 is 1.28 bits per heavy atom. The molecule has 0 radical (unpaired) electrons. The van der Waals surface area contributed by atoms with Crippen LogP contribution < -0.4 is 16.0 Å². The van der Waals surface area contributed by atoms with E-state index >= 15 is 0 Å². The van der Waals surface area contributed by atoms with Crippen LogP contribution in [-0.4, -0.2) is 53.5 Å². The molecule has 4 rings (SSSR count). The zero-order valence-electron chi connectivity index (χ0n) is 16.7. The maximum Gasteiger partial charge on any atom is 0.322 e. The van der Waals surface area contributed by atoms with Crippen LogP contribution in [0.2, 0.25) is 0 Å². The summed E-state index contributed by atoms with van der Waals surface area (Å²) in [4.78, 5) is 34.9. The largest absolute Gasteiger partial charge is 0.351 e. The number of fused-ring (bicyclic) bond motifs is 1. The number of hydrogen-bond donors (Lipinski definition) is 3. The Labute approximate surface area is 169 Å². The van der Waals surface area contributed by atoms with Crippen LogP contribution in [0.1, 0.15) is 25.5 Å². The molecule has 8 nitrogen and oxygen atoms in total. The zero-order chi connectivity index (χ0) is 20.4. The first-order chi connectivity index (χ1) is 14.0. The van der Waals surface area contributed by atoms with Crippen molar-refractivity contribution < 1.29 is 9.59 Å². The molecule has 3 N–H and O–H groups in total. The standard InChI is InChI=1S/C21H26N6O2/c1-21(18(28)25-20(29)26-21)15-8-11-27(12-9-15)19(22-2)24-13-17-16-6-4-3-5-14(16)7-10-23-17/h3-7,10,15H,8-9,11-13H2,1-2H3,(H,22,24)(H2,25,26,28,29). The Balaban J connectivity index is 1.39. The van der Waals surface area contributed by atoms with Crippen LogP contribution in [-0.2, 0) is 11.3 Å². The number of guanidine groups is 1. The summed E-state index contributed by atoms with van der Waals surface area (Å²) in [6.45, 7) is 3.94. The number of hydrogen-bond acceptors (Lipinski definition) is 4. The summed E-state index contributed by atoms with van der Waals surface area (Å²) in [5.41, 5.74) is 0.157. The van der Waals surface area contributed by atoms with Gasteiger partial charge >= 0.3 is 6.03 Å². The van der Waals surface area contributed by atoms with Crippen molar-refractivity contribution in [2.24, 2.45) is 10.9 Å². The number of carbonyl (C=O) groups excluding carboxylic acids is 2. The first-order valence-electron chi connectivity index (χ1n) is 9.93. The lowest BCUT2D eigenvalue weighted by Crippen LogP contribution is -2.55. The van der Waals surface area contributed by atoms with E-state index in [-0.39, 0.29) is 11.8 Å². The van der Waals surface area contributed by atoms with E-state index in [9.17, 15) is 9.59 Å². The molecule has 3 heterocycles. The predicted octanol–water partition coefficient (Wildman–Crippen LogP) is 1.62. The number of aromatic nitrogens is 1. The third-order valence-corrected chi connectivity index (χ3v) is 6.06. The van der Waals surface area contributed by atoms with Crippen molar-refractivity contribution in [1.29, 1.82) is 0 Å². The molecule has 1 aromatic heterocycles. The summed E-state index contributed by atoms with van der Waals surface area (Å²) >= 11 is 0. The minimum Gasteiger partial charge on any atom is -0.351 e. The van der Waals surface area contributed by atoms with Gasteiger partial charge in [-0.3, -0.25) is 20.1 Å². The molecule has 1 aromatic carbocycles. The van der Waals surface area contributed by atoms with Crippen molar-refractivity contribution in [2.75, 3.05) is 20.1 Å². The molecule has 29 heavy (non-hydrogen) atoms. The molecule has 2 saturated heterocycles. The lowest BCUT2D eigenvalue weighted by molar-refractivity contribution is -0.125. The fourth-order valence-corrected chi connectivity index (χ4v) is 4.33. The second-order valence-corrected chi connectivity index (χ2v) is 7.75. The number of nitrogens with one attached hydrogen (secondary N) is 3. The number of benzene rings is 1. The van der Waals surface area contributed by atoms with Gasteiger partial charge in [-0.25, -0.2) is 4.79 Å². The second kappa shape index (κ2) is 7.69. The molecule has 0 saturated carbocycles. The normalized spacial score (nSPS) is 23.2. The molecule has 2 aromatic rings. The Morgan fingerprint density at radius 2 is 2.03 bits per heavy atom. The van der Waals surface area contributed by atoms with E-state index in [0.29, 0.717) is 6.54 Å². The summed E-state index contributed by atoms with van der Waals surface area (Å²) < 4.78 is 0. The van der Waals surface area contributed by atoms with Gasteiger partial charge in [0, 0.05) is 31.7 Å². The van der Waals surface area contributed by atoms with Gasteiger partial charge < -0.3 is 15.5 Å². The monoisotopic (exact) mass is 394 g/mol. The van der Waals surface area contributed by atoms with Gasteiger partial charge in [0.1, 0.15) is 5.54 Å². The predicted molar refractivity (Wildman–Crippen MR) is 111 cm³/mol. The highest BCUT2D eigenvalue weighted by molar-refractivity contribution is 6.07. The van der Waals surface area contributed by atoms with Crippen LogP contribution in [0.3, 0.4) is 0 Å². The summed E-state index contributed by atoms with van der Waals surface area (Å²) in [6, 6.07) is 9.81. The van der Waals surface area contributed by atoms with Gasteiger partial charge in [0.2, 0.25) is 0 Å². The highest BCUT2D eigenvalue weighted by Crippen LogP contribution is 2.30. The van der Waals surface area contributed by atoms with Crippen molar-refractivity contribution in [3.05, 3.63) is 42.2 Å². The number of urea groups is 1.